The van der Waals surface area contributed by atoms with Gasteiger partial charge in [-0.25, -0.2) is 0 Å². The smallest absolute Gasteiger partial charge is 0.254 e. The number of methoxy groups -OCH3 is 1. The van der Waals surface area contributed by atoms with E-state index in [4.69, 9.17) is 27.9 Å². The van der Waals surface area contributed by atoms with Crippen molar-refractivity contribution in [2.75, 3.05) is 33.3 Å². The molecule has 132 valence electrons. The molecule has 0 unspecified atom stereocenters. The second-order valence-electron chi connectivity index (χ2n) is 6.07. The van der Waals surface area contributed by atoms with Crippen LogP contribution < -0.4 is 4.74 Å². The summed E-state index contributed by atoms with van der Waals surface area (Å²) in [6.45, 7) is 3.94. The number of amides is 1. The molecule has 0 aromatic heterocycles. The van der Waals surface area contributed by atoms with Crippen molar-refractivity contribution in [1.29, 1.82) is 0 Å². The van der Waals surface area contributed by atoms with Gasteiger partial charge in [0.2, 0.25) is 0 Å². The molecule has 3 rings (SSSR count). The molecule has 1 amide bonds. The molecule has 1 aliphatic heterocycles. The van der Waals surface area contributed by atoms with E-state index < -0.39 is 0 Å². The van der Waals surface area contributed by atoms with Crippen LogP contribution in [0, 0.1) is 0 Å². The van der Waals surface area contributed by atoms with Gasteiger partial charge in [-0.1, -0.05) is 35.3 Å². The van der Waals surface area contributed by atoms with Crippen LogP contribution in [0.5, 0.6) is 5.75 Å². The molecule has 0 bridgehead atoms. The highest BCUT2D eigenvalue weighted by Crippen LogP contribution is 2.21. The molecule has 2 aromatic carbocycles. The summed E-state index contributed by atoms with van der Waals surface area (Å²) >= 11 is 12.0. The van der Waals surface area contributed by atoms with Gasteiger partial charge in [-0.15, -0.1) is 0 Å². The number of rotatable bonds is 4. The summed E-state index contributed by atoms with van der Waals surface area (Å²) in [6, 6.07) is 13.1. The second-order valence-corrected chi connectivity index (χ2v) is 6.95. The number of benzene rings is 2. The Balaban J connectivity index is 1.56. The zero-order chi connectivity index (χ0) is 17.8. The first-order valence-corrected chi connectivity index (χ1v) is 8.91. The van der Waals surface area contributed by atoms with E-state index in [-0.39, 0.29) is 5.91 Å². The maximum Gasteiger partial charge on any atom is 0.254 e. The zero-order valence-corrected chi connectivity index (χ0v) is 15.6. The van der Waals surface area contributed by atoms with E-state index in [2.05, 4.69) is 17.0 Å². The van der Waals surface area contributed by atoms with Crippen molar-refractivity contribution in [1.82, 2.24) is 9.80 Å². The molecule has 25 heavy (non-hydrogen) atoms. The minimum atomic E-state index is -0.0199. The van der Waals surface area contributed by atoms with Gasteiger partial charge in [0.05, 0.1) is 7.11 Å². The van der Waals surface area contributed by atoms with Crippen LogP contribution in [0.3, 0.4) is 0 Å². The average molecular weight is 379 g/mol. The molecule has 0 spiro atoms. The lowest BCUT2D eigenvalue weighted by Gasteiger charge is -2.34. The number of carbonyl (C=O) groups is 1. The zero-order valence-electron chi connectivity index (χ0n) is 14.0. The Kier molecular flexibility index (Phi) is 5.84. The van der Waals surface area contributed by atoms with E-state index in [1.807, 2.05) is 17.0 Å². The predicted octanol–water partition coefficient (Wildman–Crippen LogP) is 3.96. The molecule has 0 N–H and O–H groups in total. The van der Waals surface area contributed by atoms with Gasteiger partial charge in [0, 0.05) is 48.3 Å². The Bertz CT molecular complexity index is 721. The predicted molar refractivity (Wildman–Crippen MR) is 101 cm³/mol. The topological polar surface area (TPSA) is 32.8 Å². The van der Waals surface area contributed by atoms with Gasteiger partial charge in [-0.05, 0) is 35.9 Å². The molecule has 0 radical (unpaired) electrons. The van der Waals surface area contributed by atoms with Crippen LogP contribution in [0.4, 0.5) is 0 Å². The fourth-order valence-electron chi connectivity index (χ4n) is 2.96. The van der Waals surface area contributed by atoms with Crippen LogP contribution in [-0.4, -0.2) is 49.0 Å². The van der Waals surface area contributed by atoms with Crippen LogP contribution in [0.1, 0.15) is 15.9 Å². The van der Waals surface area contributed by atoms with E-state index in [1.165, 1.54) is 5.56 Å². The van der Waals surface area contributed by atoms with Gasteiger partial charge in [0.25, 0.3) is 5.91 Å². The van der Waals surface area contributed by atoms with Crippen molar-refractivity contribution in [2.24, 2.45) is 0 Å². The molecule has 0 saturated carbocycles. The number of piperazine rings is 1. The highest BCUT2D eigenvalue weighted by molar-refractivity contribution is 6.35. The number of nitrogens with zero attached hydrogens (tertiary/aromatic N) is 2. The van der Waals surface area contributed by atoms with E-state index in [1.54, 1.807) is 25.3 Å². The number of ether oxygens (including phenoxy) is 1. The Morgan fingerprint density at radius 1 is 1.00 bits per heavy atom. The molecule has 1 saturated heterocycles. The van der Waals surface area contributed by atoms with E-state index in [0.29, 0.717) is 28.7 Å². The van der Waals surface area contributed by atoms with Crippen molar-refractivity contribution in [3.8, 4) is 5.75 Å². The minimum Gasteiger partial charge on any atom is -0.497 e. The van der Waals surface area contributed by atoms with E-state index in [0.717, 1.165) is 25.4 Å². The third-order valence-electron chi connectivity index (χ3n) is 4.33. The molecular weight excluding hydrogens is 359 g/mol. The molecule has 0 atom stereocenters. The average Bonchev–Trinajstić information content (AvgIpc) is 2.61. The molecule has 2 aromatic rings. The van der Waals surface area contributed by atoms with Crippen molar-refractivity contribution in [2.45, 2.75) is 6.54 Å². The minimum absolute atomic E-state index is 0.0199. The molecule has 0 aliphatic carbocycles. The molecule has 6 heteroatoms. The molecular formula is C19H20Cl2N2O2. The SMILES string of the molecule is COc1ccc(CN2CCN(C(=O)c3cc(Cl)cc(Cl)c3)CC2)cc1. The number of carbonyl (C=O) groups excluding carboxylic acids is 1. The van der Waals surface area contributed by atoms with Crippen LogP contribution in [0.2, 0.25) is 10.0 Å². The van der Waals surface area contributed by atoms with Gasteiger partial charge in [0.15, 0.2) is 0 Å². The summed E-state index contributed by atoms with van der Waals surface area (Å²) in [6.07, 6.45) is 0. The molecule has 1 aliphatic rings. The van der Waals surface area contributed by atoms with Gasteiger partial charge >= 0.3 is 0 Å². The van der Waals surface area contributed by atoms with Crippen LogP contribution in [0.15, 0.2) is 42.5 Å². The second kappa shape index (κ2) is 8.09. The first kappa shape index (κ1) is 18.1. The van der Waals surface area contributed by atoms with E-state index in [9.17, 15) is 4.79 Å². The maximum absolute atomic E-state index is 12.6. The summed E-state index contributed by atoms with van der Waals surface area (Å²) in [7, 11) is 1.67. The summed E-state index contributed by atoms with van der Waals surface area (Å²) in [5.41, 5.74) is 1.78. The van der Waals surface area contributed by atoms with Crippen molar-refractivity contribution in [3.63, 3.8) is 0 Å². The van der Waals surface area contributed by atoms with Gasteiger partial charge in [0.1, 0.15) is 5.75 Å². The Morgan fingerprint density at radius 2 is 1.60 bits per heavy atom. The van der Waals surface area contributed by atoms with Crippen molar-refractivity contribution >= 4 is 29.1 Å². The summed E-state index contributed by atoms with van der Waals surface area (Å²) in [5.74, 6) is 0.841. The normalized spacial score (nSPS) is 15.2. The number of halogens is 2. The lowest BCUT2D eigenvalue weighted by molar-refractivity contribution is 0.0628. The Morgan fingerprint density at radius 3 is 2.16 bits per heavy atom. The van der Waals surface area contributed by atoms with Gasteiger partial charge < -0.3 is 9.64 Å². The van der Waals surface area contributed by atoms with Gasteiger partial charge in [-0.3, -0.25) is 9.69 Å². The first-order valence-electron chi connectivity index (χ1n) is 8.16. The summed E-state index contributed by atoms with van der Waals surface area (Å²) in [4.78, 5) is 16.8. The maximum atomic E-state index is 12.6. The fraction of sp³-hybridized carbons (Fsp3) is 0.316. The lowest BCUT2D eigenvalue weighted by Crippen LogP contribution is -2.48. The van der Waals surface area contributed by atoms with Crippen molar-refractivity contribution < 1.29 is 9.53 Å². The Hall–Kier alpha value is -1.75. The number of hydrogen-bond donors (Lipinski definition) is 0. The molecule has 1 fully saturated rings. The quantitative estimate of drug-likeness (QED) is 0.806. The van der Waals surface area contributed by atoms with Crippen LogP contribution in [-0.2, 0) is 6.54 Å². The monoisotopic (exact) mass is 378 g/mol. The Labute approximate surface area is 157 Å². The van der Waals surface area contributed by atoms with E-state index >= 15 is 0 Å². The summed E-state index contributed by atoms with van der Waals surface area (Å²) in [5, 5.41) is 0.961. The summed E-state index contributed by atoms with van der Waals surface area (Å²) < 4.78 is 5.18. The third kappa shape index (κ3) is 4.66. The largest absolute Gasteiger partial charge is 0.497 e. The highest BCUT2D eigenvalue weighted by atomic mass is 35.5. The molecule has 1 heterocycles. The standard InChI is InChI=1S/C19H20Cl2N2O2/c1-25-18-4-2-14(3-5-18)13-22-6-8-23(9-7-22)19(24)15-10-16(20)12-17(21)11-15/h2-5,10-12H,6-9,13H2,1H3. The van der Waals surface area contributed by atoms with Crippen LogP contribution in [0.25, 0.3) is 0 Å². The van der Waals surface area contributed by atoms with Crippen molar-refractivity contribution in [3.05, 3.63) is 63.6 Å². The van der Waals surface area contributed by atoms with Gasteiger partial charge in [-0.2, -0.15) is 0 Å². The third-order valence-corrected chi connectivity index (χ3v) is 4.77. The number of hydrogen-bond acceptors (Lipinski definition) is 3. The highest BCUT2D eigenvalue weighted by Gasteiger charge is 2.22. The molecule has 4 nitrogen and oxygen atoms in total. The fourth-order valence-corrected chi connectivity index (χ4v) is 3.48. The first-order chi connectivity index (χ1) is 12.0. The van der Waals surface area contributed by atoms with Crippen LogP contribution >= 0.6 is 23.2 Å². The lowest BCUT2D eigenvalue weighted by atomic mass is 10.1.